The van der Waals surface area contributed by atoms with Crippen LogP contribution in [0.5, 0.6) is 0 Å². The largest absolute Gasteiger partial charge is 0.330 e. The van der Waals surface area contributed by atoms with Gasteiger partial charge in [0.25, 0.3) is 0 Å². The standard InChI is InChI=1S/C8H17NO.C2H6/c1-2-8(10)6-4-3-5-7-9;1-2/h2-7,9H2,1H3;1-2H3. The molecule has 0 rings (SSSR count). The maximum absolute atomic E-state index is 10.7. The Morgan fingerprint density at radius 1 is 1.17 bits per heavy atom. The van der Waals surface area contributed by atoms with Gasteiger partial charge in [0.05, 0.1) is 0 Å². The molecule has 2 heteroatoms. The van der Waals surface area contributed by atoms with Crippen LogP contribution in [-0.2, 0) is 4.79 Å². The average Bonchev–Trinajstić information content (AvgIpc) is 2.15. The molecule has 0 radical (unpaired) electrons. The fourth-order valence-electron chi connectivity index (χ4n) is 0.820. The molecule has 0 unspecified atom stereocenters. The van der Waals surface area contributed by atoms with E-state index in [1.165, 1.54) is 0 Å². The Morgan fingerprint density at radius 2 is 1.75 bits per heavy atom. The minimum absolute atomic E-state index is 0.372. The molecule has 0 aromatic rings. The summed E-state index contributed by atoms with van der Waals surface area (Å²) in [6.07, 6.45) is 4.60. The van der Waals surface area contributed by atoms with E-state index in [4.69, 9.17) is 5.73 Å². The molecule has 74 valence electrons. The van der Waals surface area contributed by atoms with Crippen molar-refractivity contribution in [2.75, 3.05) is 6.54 Å². The first-order chi connectivity index (χ1) is 5.81. The molecule has 0 atom stereocenters. The van der Waals surface area contributed by atoms with Crippen LogP contribution in [0.25, 0.3) is 0 Å². The number of unbranched alkanes of at least 4 members (excludes halogenated alkanes) is 2. The topological polar surface area (TPSA) is 43.1 Å². The zero-order valence-corrected chi connectivity index (χ0v) is 8.73. The van der Waals surface area contributed by atoms with Crippen molar-refractivity contribution in [1.82, 2.24) is 0 Å². The molecule has 0 aromatic carbocycles. The van der Waals surface area contributed by atoms with Crippen LogP contribution >= 0.6 is 0 Å². The first kappa shape index (κ1) is 14.2. The van der Waals surface area contributed by atoms with Gasteiger partial charge < -0.3 is 5.73 Å². The Labute approximate surface area is 76.5 Å². The highest BCUT2D eigenvalue weighted by Gasteiger charge is 1.95. The van der Waals surface area contributed by atoms with Gasteiger partial charge in [0, 0.05) is 12.8 Å². The highest BCUT2D eigenvalue weighted by molar-refractivity contribution is 5.77. The zero-order valence-electron chi connectivity index (χ0n) is 8.73. The highest BCUT2D eigenvalue weighted by Crippen LogP contribution is 2.00. The molecule has 0 saturated carbocycles. The molecule has 0 aromatic heterocycles. The van der Waals surface area contributed by atoms with Gasteiger partial charge in [0.2, 0.25) is 0 Å². The van der Waals surface area contributed by atoms with Gasteiger partial charge >= 0.3 is 0 Å². The van der Waals surface area contributed by atoms with E-state index in [1.807, 2.05) is 20.8 Å². The Balaban J connectivity index is 0. The maximum atomic E-state index is 10.7. The molecule has 0 saturated heterocycles. The van der Waals surface area contributed by atoms with Crippen LogP contribution in [0.15, 0.2) is 0 Å². The van der Waals surface area contributed by atoms with Crippen molar-refractivity contribution in [1.29, 1.82) is 0 Å². The molecule has 0 amide bonds. The Morgan fingerprint density at radius 3 is 2.17 bits per heavy atom. The normalized spacial score (nSPS) is 8.67. The third-order valence-corrected chi connectivity index (χ3v) is 1.55. The number of nitrogens with two attached hydrogens (primary N) is 1. The first-order valence-corrected chi connectivity index (χ1v) is 5.03. The molecule has 12 heavy (non-hydrogen) atoms. The molecule has 0 aliphatic rings. The summed E-state index contributed by atoms with van der Waals surface area (Å²) in [6.45, 7) is 6.66. The molecule has 0 spiro atoms. The number of ketones is 1. The zero-order chi connectivity index (χ0) is 9.82. The lowest BCUT2D eigenvalue weighted by Gasteiger charge is -1.96. The third kappa shape index (κ3) is 12.3. The predicted molar refractivity (Wildman–Crippen MR) is 54.2 cm³/mol. The van der Waals surface area contributed by atoms with Gasteiger partial charge in [0.1, 0.15) is 5.78 Å². The summed E-state index contributed by atoms with van der Waals surface area (Å²) in [6, 6.07) is 0. The monoisotopic (exact) mass is 173 g/mol. The lowest BCUT2D eigenvalue weighted by Crippen LogP contribution is -1.99. The second-order valence-corrected chi connectivity index (χ2v) is 2.49. The van der Waals surface area contributed by atoms with Crippen molar-refractivity contribution in [3.05, 3.63) is 0 Å². The minimum Gasteiger partial charge on any atom is -0.330 e. The lowest BCUT2D eigenvalue weighted by molar-refractivity contribution is -0.118. The van der Waals surface area contributed by atoms with Crippen molar-refractivity contribution in [2.24, 2.45) is 5.73 Å². The van der Waals surface area contributed by atoms with Crippen LogP contribution in [-0.4, -0.2) is 12.3 Å². The summed E-state index contributed by atoms with van der Waals surface area (Å²) in [5.74, 6) is 0.372. The van der Waals surface area contributed by atoms with E-state index in [0.717, 1.165) is 32.2 Å². The Kier molecular flexibility index (Phi) is 15.6. The molecule has 0 fully saturated rings. The second-order valence-electron chi connectivity index (χ2n) is 2.49. The fourth-order valence-corrected chi connectivity index (χ4v) is 0.820. The Bertz CT molecular complexity index is 91.8. The number of carbonyl (C=O) groups is 1. The maximum Gasteiger partial charge on any atom is 0.132 e. The fraction of sp³-hybridized carbons (Fsp3) is 0.900. The van der Waals surface area contributed by atoms with Gasteiger partial charge in [-0.3, -0.25) is 4.79 Å². The van der Waals surface area contributed by atoms with Crippen molar-refractivity contribution in [2.45, 2.75) is 52.9 Å². The van der Waals surface area contributed by atoms with E-state index in [9.17, 15) is 4.79 Å². The van der Waals surface area contributed by atoms with Gasteiger partial charge in [-0.15, -0.1) is 0 Å². The number of hydrogen-bond acceptors (Lipinski definition) is 2. The minimum atomic E-state index is 0.372. The number of rotatable bonds is 6. The summed E-state index contributed by atoms with van der Waals surface area (Å²) < 4.78 is 0. The quantitative estimate of drug-likeness (QED) is 0.627. The van der Waals surface area contributed by atoms with Gasteiger partial charge in [-0.05, 0) is 19.4 Å². The summed E-state index contributed by atoms with van der Waals surface area (Å²) in [7, 11) is 0. The number of hydrogen-bond donors (Lipinski definition) is 1. The molecule has 0 bridgehead atoms. The van der Waals surface area contributed by atoms with Gasteiger partial charge in [-0.25, -0.2) is 0 Å². The van der Waals surface area contributed by atoms with Crippen LogP contribution in [0.2, 0.25) is 0 Å². The molecule has 2 nitrogen and oxygen atoms in total. The van der Waals surface area contributed by atoms with Crippen LogP contribution in [0.3, 0.4) is 0 Å². The summed E-state index contributed by atoms with van der Waals surface area (Å²) in [5.41, 5.74) is 5.29. The molecular formula is C10H23NO. The van der Waals surface area contributed by atoms with E-state index >= 15 is 0 Å². The van der Waals surface area contributed by atoms with E-state index in [0.29, 0.717) is 12.2 Å². The summed E-state index contributed by atoms with van der Waals surface area (Å²) in [5, 5.41) is 0. The van der Waals surface area contributed by atoms with Gasteiger partial charge in [0.15, 0.2) is 0 Å². The van der Waals surface area contributed by atoms with E-state index in [-0.39, 0.29) is 0 Å². The molecule has 0 aliphatic carbocycles. The van der Waals surface area contributed by atoms with Crippen molar-refractivity contribution >= 4 is 5.78 Å². The Hall–Kier alpha value is -0.370. The molecule has 0 heterocycles. The third-order valence-electron chi connectivity index (χ3n) is 1.55. The lowest BCUT2D eigenvalue weighted by atomic mass is 10.1. The van der Waals surface area contributed by atoms with Crippen LogP contribution in [0, 0.1) is 0 Å². The van der Waals surface area contributed by atoms with Crippen LogP contribution < -0.4 is 5.73 Å². The highest BCUT2D eigenvalue weighted by atomic mass is 16.1. The van der Waals surface area contributed by atoms with Crippen molar-refractivity contribution < 1.29 is 4.79 Å². The second kappa shape index (κ2) is 13.2. The van der Waals surface area contributed by atoms with Gasteiger partial charge in [-0.1, -0.05) is 27.2 Å². The van der Waals surface area contributed by atoms with Gasteiger partial charge in [-0.2, -0.15) is 0 Å². The smallest absolute Gasteiger partial charge is 0.132 e. The van der Waals surface area contributed by atoms with Crippen molar-refractivity contribution in [3.8, 4) is 0 Å². The van der Waals surface area contributed by atoms with Crippen LogP contribution in [0.1, 0.15) is 52.9 Å². The molecule has 2 N–H and O–H groups in total. The molecule has 0 aliphatic heterocycles. The van der Waals surface area contributed by atoms with E-state index < -0.39 is 0 Å². The SMILES string of the molecule is CC.CCC(=O)CCCCCN. The van der Waals surface area contributed by atoms with E-state index in [1.54, 1.807) is 0 Å². The average molecular weight is 173 g/mol. The van der Waals surface area contributed by atoms with Crippen LogP contribution in [0.4, 0.5) is 0 Å². The van der Waals surface area contributed by atoms with Crippen molar-refractivity contribution in [3.63, 3.8) is 0 Å². The first-order valence-electron chi connectivity index (χ1n) is 5.03. The summed E-state index contributed by atoms with van der Waals surface area (Å²) >= 11 is 0. The predicted octanol–water partition coefficient (Wildman–Crippen LogP) is 2.51. The number of Topliss-reactive ketones (excluding diaryl/α,β-unsaturated/α-hetero) is 1. The summed E-state index contributed by atoms with van der Waals surface area (Å²) in [4.78, 5) is 10.7. The van der Waals surface area contributed by atoms with E-state index in [2.05, 4.69) is 0 Å². The number of carbonyl (C=O) groups excluding carboxylic acids is 1. The molecular weight excluding hydrogens is 150 g/mol.